The van der Waals surface area contributed by atoms with Crippen LogP contribution in [0.4, 0.5) is 5.00 Å². The van der Waals surface area contributed by atoms with Gasteiger partial charge in [-0.15, -0.1) is 11.3 Å². The van der Waals surface area contributed by atoms with E-state index in [9.17, 15) is 14.4 Å². The quantitative estimate of drug-likeness (QED) is 0.510. The molecule has 0 aliphatic heterocycles. The number of esters is 2. The van der Waals surface area contributed by atoms with Crippen LogP contribution in [0.15, 0.2) is 24.3 Å². The molecule has 0 bridgehead atoms. The molecule has 4 rings (SSSR count). The largest absolute Gasteiger partial charge is 0.462 e. The third-order valence-corrected chi connectivity index (χ3v) is 6.97. The number of rotatable bonds is 7. The van der Waals surface area contributed by atoms with Crippen LogP contribution in [0.5, 0.6) is 0 Å². The van der Waals surface area contributed by atoms with Gasteiger partial charge < -0.3 is 14.8 Å². The van der Waals surface area contributed by atoms with Crippen molar-refractivity contribution in [2.75, 3.05) is 18.5 Å². The number of ether oxygens (including phenoxy) is 2. The number of thiophene rings is 1. The van der Waals surface area contributed by atoms with Crippen LogP contribution in [0.1, 0.15) is 62.7 Å². The Hall–Kier alpha value is -3.26. The summed E-state index contributed by atoms with van der Waals surface area (Å²) >= 11 is 1.39. The number of amides is 1. The van der Waals surface area contributed by atoms with Gasteiger partial charge in [-0.2, -0.15) is 0 Å². The van der Waals surface area contributed by atoms with Gasteiger partial charge in [0.1, 0.15) is 5.00 Å². The van der Waals surface area contributed by atoms with Crippen LogP contribution in [-0.2, 0) is 33.5 Å². The summed E-state index contributed by atoms with van der Waals surface area (Å²) in [5.74, 6) is -1.51. The Balaban J connectivity index is 1.52. The maximum absolute atomic E-state index is 13.0. The number of aromatic nitrogens is 1. The molecule has 1 aliphatic rings. The molecule has 7 nitrogen and oxygen atoms in total. The normalized spacial score (nSPS) is 12.5. The molecule has 0 saturated heterocycles. The first-order valence-electron chi connectivity index (χ1n) is 11.1. The lowest BCUT2D eigenvalue weighted by Crippen LogP contribution is -2.22. The number of carbonyl (C=O) groups excluding carboxylic acids is 3. The lowest BCUT2D eigenvalue weighted by atomic mass is 10.0. The SMILES string of the molecule is CCOC(=O)c1c(NC(=O)COC(=O)c2c(C)c(CC)nc3ccccc23)sc2c1CCC2. The van der Waals surface area contributed by atoms with Gasteiger partial charge in [0.15, 0.2) is 6.61 Å². The third kappa shape index (κ3) is 4.48. The standard InChI is InChI=1S/C25H26N2O5S/c1-4-17-14(3)21(15-9-6-7-11-18(15)26-17)24(29)32-13-20(28)27-23-22(25(30)31-5-2)16-10-8-12-19(16)33-23/h6-7,9,11H,4-5,8,10,12-13H2,1-3H3,(H,27,28). The van der Waals surface area contributed by atoms with Crippen LogP contribution in [0.25, 0.3) is 10.9 Å². The molecular formula is C25H26N2O5S. The Labute approximate surface area is 196 Å². The summed E-state index contributed by atoms with van der Waals surface area (Å²) in [5, 5.41) is 3.90. The molecule has 2 aromatic heterocycles. The minimum Gasteiger partial charge on any atom is -0.462 e. The number of nitrogens with one attached hydrogen (secondary N) is 1. The molecule has 1 N–H and O–H groups in total. The average Bonchev–Trinajstić information content (AvgIpc) is 3.38. The molecule has 1 aliphatic carbocycles. The minimum absolute atomic E-state index is 0.257. The lowest BCUT2D eigenvalue weighted by Gasteiger charge is -2.13. The maximum atomic E-state index is 13.0. The van der Waals surface area contributed by atoms with E-state index < -0.39 is 24.5 Å². The van der Waals surface area contributed by atoms with Crippen molar-refractivity contribution in [1.29, 1.82) is 0 Å². The van der Waals surface area contributed by atoms with Crippen molar-refractivity contribution >= 4 is 45.1 Å². The molecule has 0 saturated carbocycles. The second-order valence-corrected chi connectivity index (χ2v) is 8.94. The predicted molar refractivity (Wildman–Crippen MR) is 127 cm³/mol. The zero-order valence-corrected chi connectivity index (χ0v) is 19.8. The predicted octanol–water partition coefficient (Wildman–Crippen LogP) is 4.63. The van der Waals surface area contributed by atoms with E-state index in [1.54, 1.807) is 6.92 Å². The summed E-state index contributed by atoms with van der Waals surface area (Å²) in [5.41, 5.74) is 4.09. The molecule has 0 fully saturated rings. The van der Waals surface area contributed by atoms with Crippen molar-refractivity contribution in [3.8, 4) is 0 Å². The molecule has 2 heterocycles. The zero-order chi connectivity index (χ0) is 23.5. The third-order valence-electron chi connectivity index (χ3n) is 5.76. The molecule has 0 radical (unpaired) electrons. The van der Waals surface area contributed by atoms with Crippen molar-refractivity contribution < 1.29 is 23.9 Å². The second kappa shape index (κ2) is 9.70. The van der Waals surface area contributed by atoms with Crippen molar-refractivity contribution in [3.05, 3.63) is 57.1 Å². The first-order chi connectivity index (χ1) is 15.9. The first kappa shape index (κ1) is 22.9. The highest BCUT2D eigenvalue weighted by Gasteiger charge is 2.28. The summed E-state index contributed by atoms with van der Waals surface area (Å²) in [4.78, 5) is 43.8. The molecule has 172 valence electrons. The second-order valence-electron chi connectivity index (χ2n) is 7.84. The monoisotopic (exact) mass is 466 g/mol. The number of hydrogen-bond acceptors (Lipinski definition) is 7. The Morgan fingerprint density at radius 2 is 1.82 bits per heavy atom. The van der Waals surface area contributed by atoms with Crippen LogP contribution in [0, 0.1) is 6.92 Å². The Morgan fingerprint density at radius 3 is 2.58 bits per heavy atom. The number of nitrogens with zero attached hydrogens (tertiary/aromatic N) is 1. The Kier molecular flexibility index (Phi) is 6.74. The Bertz CT molecular complexity index is 1250. The number of anilines is 1. The van der Waals surface area contributed by atoms with Gasteiger partial charge in [-0.3, -0.25) is 9.78 Å². The topological polar surface area (TPSA) is 94.6 Å². The number of aryl methyl sites for hydroxylation is 2. The van der Waals surface area contributed by atoms with Crippen LogP contribution in [-0.4, -0.2) is 36.0 Å². The van der Waals surface area contributed by atoms with E-state index in [0.29, 0.717) is 33.5 Å². The average molecular weight is 467 g/mol. The van der Waals surface area contributed by atoms with Crippen molar-refractivity contribution in [2.24, 2.45) is 0 Å². The molecule has 3 aromatic rings. The number of benzene rings is 1. The van der Waals surface area contributed by atoms with Gasteiger partial charge >= 0.3 is 11.9 Å². The van der Waals surface area contributed by atoms with E-state index in [2.05, 4.69) is 10.3 Å². The highest BCUT2D eigenvalue weighted by Crippen LogP contribution is 2.39. The molecule has 1 amide bonds. The summed E-state index contributed by atoms with van der Waals surface area (Å²) in [7, 11) is 0. The van der Waals surface area contributed by atoms with E-state index in [-0.39, 0.29) is 6.61 Å². The van der Waals surface area contributed by atoms with Gasteiger partial charge in [0.25, 0.3) is 5.91 Å². The van der Waals surface area contributed by atoms with Crippen LogP contribution < -0.4 is 5.32 Å². The highest BCUT2D eigenvalue weighted by molar-refractivity contribution is 7.17. The van der Waals surface area contributed by atoms with E-state index in [0.717, 1.165) is 41.0 Å². The Morgan fingerprint density at radius 1 is 1.06 bits per heavy atom. The van der Waals surface area contributed by atoms with Gasteiger partial charge in [-0.1, -0.05) is 25.1 Å². The molecule has 0 spiro atoms. The summed E-state index contributed by atoms with van der Waals surface area (Å²) < 4.78 is 10.6. The van der Waals surface area contributed by atoms with Gasteiger partial charge in [0.05, 0.1) is 23.3 Å². The van der Waals surface area contributed by atoms with E-state index >= 15 is 0 Å². The molecular weight excluding hydrogens is 440 g/mol. The van der Waals surface area contributed by atoms with Crippen molar-refractivity contribution in [2.45, 2.75) is 46.5 Å². The number of hydrogen-bond donors (Lipinski definition) is 1. The van der Waals surface area contributed by atoms with E-state index in [1.165, 1.54) is 11.3 Å². The number of pyridine rings is 1. The van der Waals surface area contributed by atoms with Gasteiger partial charge in [-0.05, 0) is 56.7 Å². The molecule has 1 aromatic carbocycles. The highest BCUT2D eigenvalue weighted by atomic mass is 32.1. The number of fused-ring (bicyclic) bond motifs is 2. The minimum atomic E-state index is -0.574. The molecule has 8 heteroatoms. The fraction of sp³-hybridized carbons (Fsp3) is 0.360. The molecule has 33 heavy (non-hydrogen) atoms. The fourth-order valence-electron chi connectivity index (χ4n) is 4.24. The van der Waals surface area contributed by atoms with Crippen molar-refractivity contribution in [1.82, 2.24) is 4.98 Å². The van der Waals surface area contributed by atoms with Gasteiger partial charge in [-0.25, -0.2) is 9.59 Å². The number of para-hydroxylation sites is 1. The van der Waals surface area contributed by atoms with Gasteiger partial charge in [0.2, 0.25) is 0 Å². The molecule has 0 unspecified atom stereocenters. The van der Waals surface area contributed by atoms with Crippen molar-refractivity contribution in [3.63, 3.8) is 0 Å². The van der Waals surface area contributed by atoms with E-state index in [4.69, 9.17) is 9.47 Å². The lowest BCUT2D eigenvalue weighted by molar-refractivity contribution is -0.119. The molecule has 0 atom stereocenters. The smallest absolute Gasteiger partial charge is 0.341 e. The summed E-state index contributed by atoms with van der Waals surface area (Å²) in [6.45, 7) is 5.37. The maximum Gasteiger partial charge on any atom is 0.341 e. The first-order valence-corrected chi connectivity index (χ1v) is 11.9. The van der Waals surface area contributed by atoms with Crippen LogP contribution in [0.2, 0.25) is 0 Å². The van der Waals surface area contributed by atoms with Gasteiger partial charge in [0, 0.05) is 16.0 Å². The zero-order valence-electron chi connectivity index (χ0n) is 18.9. The van der Waals surface area contributed by atoms with E-state index in [1.807, 2.05) is 38.1 Å². The summed E-state index contributed by atoms with van der Waals surface area (Å²) in [6, 6.07) is 7.38. The fourth-order valence-corrected chi connectivity index (χ4v) is 5.54. The summed E-state index contributed by atoms with van der Waals surface area (Å²) in [6.07, 6.45) is 3.33. The van der Waals surface area contributed by atoms with Crippen LogP contribution >= 0.6 is 11.3 Å². The number of carbonyl (C=O) groups is 3. The van der Waals surface area contributed by atoms with Crippen LogP contribution in [0.3, 0.4) is 0 Å².